The Morgan fingerprint density at radius 2 is 1.92 bits per heavy atom. The molecule has 2 aromatic heterocycles. The number of benzene rings is 1. The Bertz CT molecular complexity index is 940. The van der Waals surface area contributed by atoms with Crippen LogP contribution in [0, 0.1) is 11.6 Å². The fourth-order valence-corrected chi connectivity index (χ4v) is 2.93. The van der Waals surface area contributed by atoms with Gasteiger partial charge < -0.3 is 14.8 Å². The van der Waals surface area contributed by atoms with E-state index in [-0.39, 0.29) is 17.1 Å². The number of aromatic amines is 1. The number of nitrogens with zero attached hydrogens (tertiary/aromatic N) is 1. The van der Waals surface area contributed by atoms with Crippen molar-refractivity contribution >= 4 is 16.6 Å². The van der Waals surface area contributed by atoms with Gasteiger partial charge in [0, 0.05) is 6.07 Å². The van der Waals surface area contributed by atoms with Crippen molar-refractivity contribution < 1.29 is 18.6 Å². The van der Waals surface area contributed by atoms with Crippen molar-refractivity contribution in [2.24, 2.45) is 0 Å². The Balaban J connectivity index is 1.80. The number of rotatable bonds is 2. The maximum atomic E-state index is 14.6. The summed E-state index contributed by atoms with van der Waals surface area (Å²) in [5.74, 6) is -1.37. The van der Waals surface area contributed by atoms with Crippen LogP contribution in [0.4, 0.5) is 8.78 Å². The molecule has 0 bridgehead atoms. The molecular weight excluding hydrogens is 314 g/mol. The Labute approximate surface area is 136 Å². The summed E-state index contributed by atoms with van der Waals surface area (Å²) in [5, 5.41) is 9.45. The van der Waals surface area contributed by atoms with Gasteiger partial charge in [-0.05, 0) is 41.8 Å². The van der Waals surface area contributed by atoms with E-state index in [0.29, 0.717) is 36.2 Å². The summed E-state index contributed by atoms with van der Waals surface area (Å²) in [6.45, 7) is 1.00. The molecular formula is C18H14F2N2O2. The van der Waals surface area contributed by atoms with Gasteiger partial charge in [0.2, 0.25) is 0 Å². The number of H-pyrrole nitrogens is 1. The minimum Gasteiger partial charge on any atom is -0.495 e. The molecule has 0 fully saturated rings. The van der Waals surface area contributed by atoms with E-state index in [0.717, 1.165) is 5.57 Å². The molecule has 0 radical (unpaired) electrons. The first-order valence-electron chi connectivity index (χ1n) is 7.57. The van der Waals surface area contributed by atoms with Crippen molar-refractivity contribution in [1.29, 1.82) is 0 Å². The lowest BCUT2D eigenvalue weighted by atomic mass is 9.98. The molecule has 6 heteroatoms. The van der Waals surface area contributed by atoms with Gasteiger partial charge in [0.25, 0.3) is 0 Å². The molecule has 0 atom stereocenters. The summed E-state index contributed by atoms with van der Waals surface area (Å²) in [4.78, 5) is 6.93. The van der Waals surface area contributed by atoms with Crippen LogP contribution in [0.3, 0.4) is 0 Å². The first-order valence-corrected chi connectivity index (χ1v) is 7.57. The molecule has 1 aliphatic heterocycles. The maximum absolute atomic E-state index is 14.6. The Morgan fingerprint density at radius 3 is 2.62 bits per heavy atom. The van der Waals surface area contributed by atoms with Gasteiger partial charge in [0.1, 0.15) is 11.6 Å². The SMILES string of the molecule is Oc1cc2nc(-c3c(F)cc(C4=CCOCC4)cc3F)ccc2[nH]1. The molecule has 0 amide bonds. The van der Waals surface area contributed by atoms with Gasteiger partial charge in [0.15, 0.2) is 5.88 Å². The van der Waals surface area contributed by atoms with Crippen molar-refractivity contribution in [3.8, 4) is 17.1 Å². The average molecular weight is 328 g/mol. The Hall–Kier alpha value is -2.73. The molecule has 1 aromatic carbocycles. The highest BCUT2D eigenvalue weighted by Crippen LogP contribution is 2.31. The average Bonchev–Trinajstić information content (AvgIpc) is 2.94. The standard InChI is InChI=1S/C18H14F2N2O2/c19-12-7-11(10-3-5-24-6-4-10)8-13(20)18(12)15-2-1-14-16(21-15)9-17(23)22-14/h1-3,7-9,22-23H,4-6H2. The molecule has 0 unspecified atom stereocenters. The highest BCUT2D eigenvalue weighted by atomic mass is 19.1. The van der Waals surface area contributed by atoms with E-state index in [1.165, 1.54) is 24.3 Å². The number of nitrogens with one attached hydrogen (secondary N) is 1. The number of aromatic hydroxyl groups is 1. The lowest BCUT2D eigenvalue weighted by molar-refractivity contribution is 0.161. The van der Waals surface area contributed by atoms with Crippen molar-refractivity contribution in [2.45, 2.75) is 6.42 Å². The highest BCUT2D eigenvalue weighted by Gasteiger charge is 2.17. The molecule has 0 saturated heterocycles. The molecule has 3 heterocycles. The monoisotopic (exact) mass is 328 g/mol. The normalized spacial score (nSPS) is 14.8. The van der Waals surface area contributed by atoms with Gasteiger partial charge in [-0.3, -0.25) is 0 Å². The van der Waals surface area contributed by atoms with Crippen LogP contribution < -0.4 is 0 Å². The van der Waals surface area contributed by atoms with E-state index >= 15 is 0 Å². The van der Waals surface area contributed by atoms with Crippen molar-refractivity contribution in [2.75, 3.05) is 13.2 Å². The molecule has 4 rings (SSSR count). The zero-order chi connectivity index (χ0) is 16.7. The molecule has 2 N–H and O–H groups in total. The van der Waals surface area contributed by atoms with Crippen LogP contribution >= 0.6 is 0 Å². The predicted molar refractivity (Wildman–Crippen MR) is 86.5 cm³/mol. The number of halogens is 2. The highest BCUT2D eigenvalue weighted by molar-refractivity contribution is 5.81. The number of fused-ring (bicyclic) bond motifs is 1. The van der Waals surface area contributed by atoms with Crippen molar-refractivity contribution in [3.63, 3.8) is 0 Å². The van der Waals surface area contributed by atoms with Crippen molar-refractivity contribution in [3.05, 3.63) is 53.6 Å². The van der Waals surface area contributed by atoms with Gasteiger partial charge >= 0.3 is 0 Å². The largest absolute Gasteiger partial charge is 0.495 e. The zero-order valence-electron chi connectivity index (χ0n) is 12.6. The summed E-state index contributed by atoms with van der Waals surface area (Å²) in [5.41, 5.74) is 2.46. The van der Waals surface area contributed by atoms with Gasteiger partial charge in [-0.25, -0.2) is 13.8 Å². The summed E-state index contributed by atoms with van der Waals surface area (Å²) in [6, 6.07) is 7.22. The minimum atomic E-state index is -0.663. The van der Waals surface area contributed by atoms with E-state index in [2.05, 4.69) is 9.97 Å². The summed E-state index contributed by atoms with van der Waals surface area (Å²) in [7, 11) is 0. The topological polar surface area (TPSA) is 58.1 Å². The summed E-state index contributed by atoms with van der Waals surface area (Å²) in [6.07, 6.45) is 2.47. The van der Waals surface area contributed by atoms with Crippen molar-refractivity contribution in [1.82, 2.24) is 9.97 Å². The molecule has 1 aliphatic rings. The van der Waals surface area contributed by atoms with E-state index in [4.69, 9.17) is 4.74 Å². The molecule has 4 nitrogen and oxygen atoms in total. The number of pyridine rings is 1. The second-order valence-corrected chi connectivity index (χ2v) is 5.65. The number of aromatic nitrogens is 2. The van der Waals surface area contributed by atoms with Crippen LogP contribution in [0.1, 0.15) is 12.0 Å². The number of hydrogen-bond donors (Lipinski definition) is 2. The van der Waals surface area contributed by atoms with Gasteiger partial charge in [-0.1, -0.05) is 6.08 Å². The predicted octanol–water partition coefficient (Wildman–Crippen LogP) is 4.02. The first kappa shape index (κ1) is 14.8. The number of hydrogen-bond acceptors (Lipinski definition) is 3. The fraction of sp³-hybridized carbons (Fsp3) is 0.167. The van der Waals surface area contributed by atoms with Gasteiger partial charge in [0.05, 0.1) is 35.5 Å². The molecule has 122 valence electrons. The maximum Gasteiger partial charge on any atom is 0.190 e. The third-order valence-corrected chi connectivity index (χ3v) is 4.09. The lowest BCUT2D eigenvalue weighted by Crippen LogP contribution is -2.05. The van der Waals surface area contributed by atoms with Gasteiger partial charge in [-0.2, -0.15) is 0 Å². The fourth-order valence-electron chi connectivity index (χ4n) is 2.93. The Morgan fingerprint density at radius 1 is 1.12 bits per heavy atom. The zero-order valence-corrected chi connectivity index (χ0v) is 12.6. The summed E-state index contributed by atoms with van der Waals surface area (Å²) >= 11 is 0. The molecule has 3 aromatic rings. The van der Waals surface area contributed by atoms with E-state index in [9.17, 15) is 13.9 Å². The third-order valence-electron chi connectivity index (χ3n) is 4.09. The second-order valence-electron chi connectivity index (χ2n) is 5.65. The quantitative estimate of drug-likeness (QED) is 0.747. The van der Waals surface area contributed by atoms with Crippen LogP contribution in [-0.2, 0) is 4.74 Å². The van der Waals surface area contributed by atoms with Crippen LogP contribution in [0.2, 0.25) is 0 Å². The van der Waals surface area contributed by atoms with Crippen LogP contribution in [0.15, 0.2) is 36.4 Å². The smallest absolute Gasteiger partial charge is 0.190 e. The van der Waals surface area contributed by atoms with Gasteiger partial charge in [-0.15, -0.1) is 0 Å². The lowest BCUT2D eigenvalue weighted by Gasteiger charge is -2.15. The summed E-state index contributed by atoms with van der Waals surface area (Å²) < 4.78 is 34.3. The number of ether oxygens (including phenoxy) is 1. The second kappa shape index (κ2) is 5.72. The molecule has 0 saturated carbocycles. The van der Waals surface area contributed by atoms with E-state index in [1.807, 2.05) is 6.08 Å². The van der Waals surface area contributed by atoms with Crippen LogP contribution in [-0.4, -0.2) is 28.3 Å². The molecule has 0 aliphatic carbocycles. The Kier molecular flexibility index (Phi) is 3.54. The minimum absolute atomic E-state index is 0.0441. The van der Waals surface area contributed by atoms with E-state index < -0.39 is 11.6 Å². The first-order chi connectivity index (χ1) is 11.6. The van der Waals surface area contributed by atoms with Crippen LogP contribution in [0.5, 0.6) is 5.88 Å². The molecule has 24 heavy (non-hydrogen) atoms. The van der Waals surface area contributed by atoms with E-state index in [1.54, 1.807) is 6.07 Å². The third kappa shape index (κ3) is 2.55. The molecule has 0 spiro atoms. The van der Waals surface area contributed by atoms with Crippen LogP contribution in [0.25, 0.3) is 27.9 Å².